The summed E-state index contributed by atoms with van der Waals surface area (Å²) in [6.45, 7) is 0.00629. The predicted octanol–water partition coefficient (Wildman–Crippen LogP) is 2.82. The van der Waals surface area contributed by atoms with Gasteiger partial charge in [0.05, 0.1) is 24.8 Å². The molecule has 0 fully saturated rings. The van der Waals surface area contributed by atoms with E-state index in [0.717, 1.165) is 5.69 Å². The molecule has 2 aromatic carbocycles. The zero-order valence-electron chi connectivity index (χ0n) is 13.2. The van der Waals surface area contributed by atoms with Gasteiger partial charge in [-0.15, -0.1) is 0 Å². The minimum Gasteiger partial charge on any atom is -0.497 e. The number of nitro benzene ring substituents is 1. The SMILES string of the molecule is COc1ccc(NCC(=O)N/N=C\c2cc([N+](=O)[O-])ccc2Cl)cc1. The lowest BCUT2D eigenvalue weighted by atomic mass is 10.2. The van der Waals surface area contributed by atoms with Gasteiger partial charge in [-0.05, 0) is 30.3 Å². The third-order valence-corrected chi connectivity index (χ3v) is 3.47. The molecule has 0 heterocycles. The number of amides is 1. The van der Waals surface area contributed by atoms with Crippen LogP contribution < -0.4 is 15.5 Å². The van der Waals surface area contributed by atoms with Crippen molar-refractivity contribution in [2.75, 3.05) is 19.0 Å². The van der Waals surface area contributed by atoms with Gasteiger partial charge >= 0.3 is 0 Å². The van der Waals surface area contributed by atoms with E-state index in [-0.39, 0.29) is 18.1 Å². The molecular formula is C16H15ClN4O4. The van der Waals surface area contributed by atoms with E-state index < -0.39 is 4.92 Å². The number of nitrogens with one attached hydrogen (secondary N) is 2. The van der Waals surface area contributed by atoms with Crippen LogP contribution in [0.25, 0.3) is 0 Å². The number of nitro groups is 1. The van der Waals surface area contributed by atoms with Crippen molar-refractivity contribution in [2.45, 2.75) is 0 Å². The topological polar surface area (TPSA) is 106 Å². The Morgan fingerprint density at radius 2 is 2.04 bits per heavy atom. The van der Waals surface area contributed by atoms with Gasteiger partial charge in [-0.1, -0.05) is 11.6 Å². The molecule has 8 nitrogen and oxygen atoms in total. The number of halogens is 1. The Bertz CT molecular complexity index is 793. The van der Waals surface area contributed by atoms with E-state index >= 15 is 0 Å². The summed E-state index contributed by atoms with van der Waals surface area (Å²) in [6, 6.07) is 11.0. The van der Waals surface area contributed by atoms with Crippen molar-refractivity contribution in [3.8, 4) is 5.75 Å². The van der Waals surface area contributed by atoms with E-state index in [1.54, 1.807) is 31.4 Å². The Hall–Kier alpha value is -3.13. The molecule has 0 unspecified atom stereocenters. The third kappa shape index (κ3) is 5.47. The first-order valence-electron chi connectivity index (χ1n) is 7.13. The maximum absolute atomic E-state index is 11.7. The molecule has 25 heavy (non-hydrogen) atoms. The van der Waals surface area contributed by atoms with Crippen LogP contribution in [0.2, 0.25) is 5.02 Å². The summed E-state index contributed by atoms with van der Waals surface area (Å²) < 4.78 is 5.04. The smallest absolute Gasteiger partial charge is 0.270 e. The first-order chi connectivity index (χ1) is 12.0. The van der Waals surface area contributed by atoms with Crippen molar-refractivity contribution >= 4 is 35.1 Å². The number of benzene rings is 2. The second kappa shape index (κ2) is 8.65. The fourth-order valence-corrected chi connectivity index (χ4v) is 2.01. The highest BCUT2D eigenvalue weighted by Crippen LogP contribution is 2.20. The van der Waals surface area contributed by atoms with E-state index in [9.17, 15) is 14.9 Å². The van der Waals surface area contributed by atoms with Gasteiger partial charge in [-0.3, -0.25) is 14.9 Å². The van der Waals surface area contributed by atoms with Gasteiger partial charge in [-0.2, -0.15) is 5.10 Å². The molecular weight excluding hydrogens is 348 g/mol. The summed E-state index contributed by atoms with van der Waals surface area (Å²) in [5.41, 5.74) is 3.29. The van der Waals surface area contributed by atoms with Gasteiger partial charge in [0.2, 0.25) is 0 Å². The first kappa shape index (κ1) is 18.2. The maximum Gasteiger partial charge on any atom is 0.270 e. The van der Waals surface area contributed by atoms with E-state index in [1.807, 2.05) is 0 Å². The number of hydrogen-bond donors (Lipinski definition) is 2. The third-order valence-electron chi connectivity index (χ3n) is 3.13. The quantitative estimate of drug-likeness (QED) is 0.447. The Balaban J connectivity index is 1.87. The van der Waals surface area contributed by atoms with Crippen LogP contribution >= 0.6 is 11.6 Å². The summed E-state index contributed by atoms with van der Waals surface area (Å²) in [5.74, 6) is 0.335. The molecule has 1 amide bonds. The number of ether oxygens (including phenoxy) is 1. The molecule has 0 aliphatic carbocycles. The number of hydrogen-bond acceptors (Lipinski definition) is 6. The Morgan fingerprint density at radius 1 is 1.32 bits per heavy atom. The standard InChI is InChI=1S/C16H15ClN4O4/c1-25-14-5-2-12(3-6-14)18-10-16(22)20-19-9-11-8-13(21(23)24)4-7-15(11)17/h2-9,18H,10H2,1H3,(H,20,22)/b19-9-. The molecule has 0 aliphatic rings. The predicted molar refractivity (Wildman–Crippen MR) is 95.3 cm³/mol. The average molecular weight is 363 g/mol. The van der Waals surface area contributed by atoms with Crippen LogP contribution in [-0.4, -0.2) is 30.7 Å². The van der Waals surface area contributed by atoms with Crippen LogP contribution in [0, 0.1) is 10.1 Å². The number of carbonyl (C=O) groups is 1. The second-order valence-corrected chi connectivity index (χ2v) is 5.25. The van der Waals surface area contributed by atoms with Crippen LogP contribution in [0.5, 0.6) is 5.75 Å². The van der Waals surface area contributed by atoms with Crippen molar-refractivity contribution < 1.29 is 14.5 Å². The fourth-order valence-electron chi connectivity index (χ4n) is 1.85. The van der Waals surface area contributed by atoms with Crippen LogP contribution in [0.1, 0.15) is 5.56 Å². The van der Waals surface area contributed by atoms with E-state index in [0.29, 0.717) is 16.3 Å². The van der Waals surface area contributed by atoms with Crippen molar-refractivity contribution in [3.63, 3.8) is 0 Å². The van der Waals surface area contributed by atoms with Gasteiger partial charge in [0, 0.05) is 28.4 Å². The number of non-ortho nitro benzene ring substituents is 1. The zero-order valence-corrected chi connectivity index (χ0v) is 14.0. The van der Waals surface area contributed by atoms with E-state index in [1.165, 1.54) is 24.4 Å². The van der Waals surface area contributed by atoms with Gasteiger partial charge in [0.15, 0.2) is 0 Å². The normalized spacial score (nSPS) is 10.5. The summed E-state index contributed by atoms with van der Waals surface area (Å²) in [4.78, 5) is 21.9. The molecule has 0 saturated carbocycles. The number of nitrogens with zero attached hydrogens (tertiary/aromatic N) is 2. The Labute approximate surface area is 148 Å². The maximum atomic E-state index is 11.7. The monoisotopic (exact) mass is 362 g/mol. The lowest BCUT2D eigenvalue weighted by Crippen LogP contribution is -2.25. The minimum absolute atomic E-state index is 0.00629. The van der Waals surface area contributed by atoms with Crippen LogP contribution in [0.4, 0.5) is 11.4 Å². The molecule has 2 aromatic rings. The van der Waals surface area contributed by atoms with E-state index in [4.69, 9.17) is 16.3 Å². The van der Waals surface area contributed by atoms with E-state index in [2.05, 4.69) is 15.8 Å². The second-order valence-electron chi connectivity index (χ2n) is 4.84. The average Bonchev–Trinajstić information content (AvgIpc) is 2.61. The molecule has 2 rings (SSSR count). The number of anilines is 1. The van der Waals surface area contributed by atoms with Crippen LogP contribution in [-0.2, 0) is 4.79 Å². The minimum atomic E-state index is -0.537. The zero-order chi connectivity index (χ0) is 18.2. The van der Waals surface area contributed by atoms with Gasteiger partial charge in [0.1, 0.15) is 5.75 Å². The summed E-state index contributed by atoms with van der Waals surface area (Å²) in [5, 5.41) is 17.7. The number of carbonyl (C=O) groups excluding carboxylic acids is 1. The molecule has 2 N–H and O–H groups in total. The molecule has 0 radical (unpaired) electrons. The van der Waals surface area contributed by atoms with Gasteiger partial charge in [-0.25, -0.2) is 5.43 Å². The molecule has 0 aromatic heterocycles. The summed E-state index contributed by atoms with van der Waals surface area (Å²) in [6.07, 6.45) is 1.25. The fraction of sp³-hybridized carbons (Fsp3) is 0.125. The van der Waals surface area contributed by atoms with Crippen molar-refractivity contribution in [3.05, 3.63) is 63.2 Å². The number of methoxy groups -OCH3 is 1. The molecule has 0 aliphatic heterocycles. The molecule has 9 heteroatoms. The highest BCUT2D eigenvalue weighted by Gasteiger charge is 2.08. The number of rotatable bonds is 7. The highest BCUT2D eigenvalue weighted by molar-refractivity contribution is 6.33. The number of hydrazone groups is 1. The summed E-state index contributed by atoms with van der Waals surface area (Å²) in [7, 11) is 1.57. The lowest BCUT2D eigenvalue weighted by molar-refractivity contribution is -0.384. The van der Waals surface area contributed by atoms with Gasteiger partial charge in [0.25, 0.3) is 11.6 Å². The molecule has 0 atom stereocenters. The van der Waals surface area contributed by atoms with Crippen molar-refractivity contribution in [1.82, 2.24) is 5.43 Å². The van der Waals surface area contributed by atoms with Crippen molar-refractivity contribution in [2.24, 2.45) is 5.10 Å². The highest BCUT2D eigenvalue weighted by atomic mass is 35.5. The summed E-state index contributed by atoms with van der Waals surface area (Å²) >= 11 is 5.93. The Morgan fingerprint density at radius 3 is 2.68 bits per heavy atom. The van der Waals surface area contributed by atoms with Crippen LogP contribution in [0.15, 0.2) is 47.6 Å². The molecule has 0 saturated heterocycles. The molecule has 130 valence electrons. The Kier molecular flexibility index (Phi) is 6.30. The lowest BCUT2D eigenvalue weighted by Gasteiger charge is -2.06. The van der Waals surface area contributed by atoms with Gasteiger partial charge < -0.3 is 10.1 Å². The molecule has 0 bridgehead atoms. The largest absolute Gasteiger partial charge is 0.497 e. The van der Waals surface area contributed by atoms with Crippen molar-refractivity contribution in [1.29, 1.82) is 0 Å². The molecule has 0 spiro atoms. The first-order valence-corrected chi connectivity index (χ1v) is 7.51. The van der Waals surface area contributed by atoms with Crippen LogP contribution in [0.3, 0.4) is 0 Å².